The van der Waals surface area contributed by atoms with E-state index in [0.29, 0.717) is 19.3 Å². The molecule has 0 bridgehead atoms. The maximum atomic E-state index is 10.2. The van der Waals surface area contributed by atoms with E-state index in [4.69, 9.17) is 0 Å². The van der Waals surface area contributed by atoms with Gasteiger partial charge in [-0.3, -0.25) is 0 Å². The summed E-state index contributed by atoms with van der Waals surface area (Å²) in [5.74, 6) is -0.312. The van der Waals surface area contributed by atoms with Crippen LogP contribution in [0.15, 0.2) is 0 Å². The predicted molar refractivity (Wildman–Crippen MR) is 53.9 cm³/mol. The summed E-state index contributed by atoms with van der Waals surface area (Å²) in [6.07, 6.45) is 4.01. The Balaban J connectivity index is 0. The Morgan fingerprint density at radius 3 is 2.20 bits per heavy atom. The minimum Gasteiger partial charge on any atom is -0.748 e. The summed E-state index contributed by atoms with van der Waals surface area (Å²) in [6.45, 7) is 2.05. The topological polar surface area (TPSA) is 77.4 Å². The Bertz CT molecular complexity index is 228. The van der Waals surface area contributed by atoms with Gasteiger partial charge in [-0.2, -0.15) is 0 Å². The van der Waals surface area contributed by atoms with Crippen LogP contribution < -0.4 is 51.4 Å². The Morgan fingerprint density at radius 2 is 1.73 bits per heavy atom. The average molecular weight is 262 g/mol. The van der Waals surface area contributed by atoms with E-state index in [1.807, 2.05) is 0 Å². The van der Waals surface area contributed by atoms with Crippen LogP contribution in [0.3, 0.4) is 0 Å². The minimum absolute atomic E-state index is 0. The van der Waals surface area contributed by atoms with Crippen molar-refractivity contribution in [2.24, 2.45) is 0 Å². The summed E-state index contributed by atoms with van der Waals surface area (Å²) < 4.78 is 30.7. The van der Waals surface area contributed by atoms with E-state index in [0.717, 1.165) is 19.3 Å². The van der Waals surface area contributed by atoms with Crippen LogP contribution in [0.2, 0.25) is 0 Å². The zero-order valence-electron chi connectivity index (χ0n) is 9.61. The number of hydrogen-bond donors (Lipinski definition) is 1. The van der Waals surface area contributed by atoms with Gasteiger partial charge in [0.05, 0.1) is 16.2 Å². The van der Waals surface area contributed by atoms with E-state index in [-0.39, 0.29) is 63.2 Å². The first-order valence-electron chi connectivity index (χ1n) is 5.07. The second kappa shape index (κ2) is 10.6. The van der Waals surface area contributed by atoms with Gasteiger partial charge in [0, 0.05) is 5.75 Å². The van der Waals surface area contributed by atoms with Gasteiger partial charge >= 0.3 is 51.4 Å². The molecule has 6 heteroatoms. The first kappa shape index (κ1) is 18.9. The normalized spacial score (nSPS) is 13.3. The molecule has 1 unspecified atom stereocenters. The van der Waals surface area contributed by atoms with Gasteiger partial charge in [-0.15, -0.1) is 0 Å². The summed E-state index contributed by atoms with van der Waals surface area (Å²) in [4.78, 5) is 0. The second-order valence-electron chi connectivity index (χ2n) is 3.55. The molecule has 0 aromatic rings. The third-order valence-corrected chi connectivity index (χ3v) is 2.86. The average Bonchev–Trinajstić information content (AvgIpc) is 2.07. The molecule has 86 valence electrons. The van der Waals surface area contributed by atoms with E-state index in [9.17, 15) is 18.1 Å². The number of unbranched alkanes of at least 4 members (excludes halogenated alkanes) is 2. The molecule has 0 saturated heterocycles. The largest absolute Gasteiger partial charge is 1.00 e. The molecule has 1 atom stereocenters. The molecule has 0 radical (unpaired) electrons. The van der Waals surface area contributed by atoms with E-state index >= 15 is 0 Å². The van der Waals surface area contributed by atoms with E-state index in [1.165, 1.54) is 0 Å². The third-order valence-electron chi connectivity index (χ3n) is 2.07. The van der Waals surface area contributed by atoms with Crippen molar-refractivity contribution in [3.05, 3.63) is 0 Å². The van der Waals surface area contributed by atoms with Crippen molar-refractivity contribution in [1.82, 2.24) is 0 Å². The summed E-state index contributed by atoms with van der Waals surface area (Å²) >= 11 is 0. The zero-order valence-corrected chi connectivity index (χ0v) is 13.5. The van der Waals surface area contributed by atoms with Crippen LogP contribution in [0.1, 0.15) is 45.4 Å². The SMILES string of the molecule is CCCCC(O)CCCCS(=O)(=O)[O-].[K+]. The smallest absolute Gasteiger partial charge is 0.748 e. The predicted octanol–water partition coefficient (Wildman–Crippen LogP) is -1.74. The molecule has 0 spiro atoms. The van der Waals surface area contributed by atoms with Gasteiger partial charge in [0.1, 0.15) is 0 Å². The summed E-state index contributed by atoms with van der Waals surface area (Å²) in [5.41, 5.74) is 0. The Hall–Kier alpha value is 1.51. The molecule has 0 rings (SSSR count). The van der Waals surface area contributed by atoms with Crippen molar-refractivity contribution in [3.63, 3.8) is 0 Å². The first-order chi connectivity index (χ1) is 6.45. The van der Waals surface area contributed by atoms with E-state index in [2.05, 4.69) is 6.92 Å². The summed E-state index contributed by atoms with van der Waals surface area (Å²) in [5, 5.41) is 9.38. The van der Waals surface area contributed by atoms with Gasteiger partial charge in [-0.25, -0.2) is 8.42 Å². The fraction of sp³-hybridized carbons (Fsp3) is 1.00. The van der Waals surface area contributed by atoms with Gasteiger partial charge in [0.25, 0.3) is 0 Å². The van der Waals surface area contributed by atoms with Gasteiger partial charge in [0.15, 0.2) is 0 Å². The van der Waals surface area contributed by atoms with Crippen LogP contribution in [-0.2, 0) is 10.1 Å². The molecule has 15 heavy (non-hydrogen) atoms. The molecule has 0 aromatic heterocycles. The molecule has 0 aliphatic heterocycles. The molecule has 0 heterocycles. The minimum atomic E-state index is -4.07. The molecule has 0 aliphatic rings. The van der Waals surface area contributed by atoms with Crippen LogP contribution in [0.4, 0.5) is 0 Å². The molecule has 0 aliphatic carbocycles. The van der Waals surface area contributed by atoms with Crippen LogP contribution in [0.5, 0.6) is 0 Å². The summed E-state index contributed by atoms with van der Waals surface area (Å²) in [6, 6.07) is 0. The van der Waals surface area contributed by atoms with Gasteiger partial charge in [0.2, 0.25) is 0 Å². The van der Waals surface area contributed by atoms with Crippen molar-refractivity contribution in [2.75, 3.05) is 5.75 Å². The molecule has 4 nitrogen and oxygen atoms in total. The number of aliphatic hydroxyl groups excluding tert-OH is 1. The molecular weight excluding hydrogens is 243 g/mol. The second-order valence-corrected chi connectivity index (χ2v) is 5.08. The molecule has 0 amide bonds. The van der Waals surface area contributed by atoms with E-state index in [1.54, 1.807) is 0 Å². The number of hydrogen-bond acceptors (Lipinski definition) is 4. The third kappa shape index (κ3) is 15.5. The van der Waals surface area contributed by atoms with Gasteiger partial charge < -0.3 is 9.66 Å². The monoisotopic (exact) mass is 262 g/mol. The Morgan fingerprint density at radius 1 is 1.20 bits per heavy atom. The Labute approximate surface area is 135 Å². The molecule has 0 fully saturated rings. The zero-order chi connectivity index (χ0) is 11.0. The van der Waals surface area contributed by atoms with E-state index < -0.39 is 10.1 Å². The number of rotatable bonds is 8. The Kier molecular flexibility index (Phi) is 13.4. The molecular formula is C9H19KO4S. The van der Waals surface area contributed by atoms with Crippen molar-refractivity contribution in [1.29, 1.82) is 0 Å². The van der Waals surface area contributed by atoms with Crippen molar-refractivity contribution >= 4 is 10.1 Å². The summed E-state index contributed by atoms with van der Waals surface area (Å²) in [7, 11) is -4.07. The quantitative estimate of drug-likeness (QED) is 0.320. The maximum absolute atomic E-state index is 10.2. The van der Waals surface area contributed by atoms with Gasteiger partial charge in [-0.05, 0) is 25.7 Å². The fourth-order valence-electron chi connectivity index (χ4n) is 1.24. The van der Waals surface area contributed by atoms with Gasteiger partial charge in [-0.1, -0.05) is 19.8 Å². The molecule has 0 saturated carbocycles. The van der Waals surface area contributed by atoms with Crippen molar-refractivity contribution < 1.29 is 69.5 Å². The van der Waals surface area contributed by atoms with Crippen molar-refractivity contribution in [2.45, 2.75) is 51.6 Å². The van der Waals surface area contributed by atoms with Crippen LogP contribution in [0, 0.1) is 0 Å². The molecule has 1 N–H and O–H groups in total. The maximum Gasteiger partial charge on any atom is 1.00 e. The van der Waals surface area contributed by atoms with Crippen LogP contribution >= 0.6 is 0 Å². The van der Waals surface area contributed by atoms with Crippen LogP contribution in [0.25, 0.3) is 0 Å². The standard InChI is InChI=1S/C9H20O4S.K/c1-2-3-6-9(10)7-4-5-8-14(11,12)13;/h9-10H,2-8H2,1H3,(H,11,12,13);/q;+1/p-1. The van der Waals surface area contributed by atoms with Crippen molar-refractivity contribution in [3.8, 4) is 0 Å². The molecule has 0 aromatic carbocycles. The number of aliphatic hydroxyl groups is 1. The fourth-order valence-corrected chi connectivity index (χ4v) is 1.80. The first-order valence-corrected chi connectivity index (χ1v) is 6.65. The van der Waals surface area contributed by atoms with Crippen LogP contribution in [-0.4, -0.2) is 29.9 Å².